The van der Waals surface area contributed by atoms with Crippen molar-refractivity contribution in [2.75, 3.05) is 11.9 Å². The van der Waals surface area contributed by atoms with Crippen LogP contribution >= 0.6 is 15.9 Å². The molecule has 4 rings (SSSR count). The van der Waals surface area contributed by atoms with Gasteiger partial charge in [-0.15, -0.1) is 0 Å². The van der Waals surface area contributed by atoms with Crippen molar-refractivity contribution in [3.63, 3.8) is 0 Å². The summed E-state index contributed by atoms with van der Waals surface area (Å²) in [6, 6.07) is 17.6. The molecule has 2 aliphatic heterocycles. The fourth-order valence-electron chi connectivity index (χ4n) is 3.62. The first-order valence-electron chi connectivity index (χ1n) is 7.55. The van der Waals surface area contributed by atoms with Crippen molar-refractivity contribution in [1.29, 1.82) is 0 Å². The van der Waals surface area contributed by atoms with Crippen molar-refractivity contribution in [3.8, 4) is 0 Å². The first kappa shape index (κ1) is 13.4. The molecule has 3 heteroatoms. The molecule has 0 bridgehead atoms. The minimum atomic E-state index is 0.227. The summed E-state index contributed by atoms with van der Waals surface area (Å²) < 4.78 is 7.26. The van der Waals surface area contributed by atoms with E-state index in [0.717, 1.165) is 17.5 Å². The molecule has 2 heterocycles. The smallest absolute Gasteiger partial charge is 0.0895 e. The van der Waals surface area contributed by atoms with Gasteiger partial charge < -0.3 is 10.1 Å². The molecular weight excluding hydrogens is 326 g/mol. The Morgan fingerprint density at radius 1 is 1.05 bits per heavy atom. The van der Waals surface area contributed by atoms with Gasteiger partial charge in [-0.3, -0.25) is 0 Å². The van der Waals surface area contributed by atoms with Crippen molar-refractivity contribution in [3.05, 3.63) is 64.1 Å². The van der Waals surface area contributed by atoms with Crippen LogP contribution in [0.3, 0.4) is 0 Å². The Labute approximate surface area is 133 Å². The molecule has 2 aromatic rings. The third-order valence-corrected chi connectivity index (χ3v) is 5.13. The van der Waals surface area contributed by atoms with Gasteiger partial charge in [-0.05, 0) is 36.6 Å². The normalized spacial score (nSPS) is 27.4. The summed E-state index contributed by atoms with van der Waals surface area (Å²) in [7, 11) is 0. The van der Waals surface area contributed by atoms with Crippen LogP contribution in [0, 0.1) is 5.92 Å². The number of fused-ring (bicyclic) bond motifs is 3. The van der Waals surface area contributed by atoms with E-state index in [2.05, 4.69) is 69.8 Å². The number of hydrogen-bond donors (Lipinski definition) is 1. The standard InChI is InChI=1S/C18H18BrNO/c19-13-9-7-12(8-10-13)17-15-5-3-11-21-18(15)14-4-1-2-6-16(14)20-17/h1-2,4,6-10,15,17-18,20H,3,5,11H2/t15-,17+,18-/m1/s1. The minimum absolute atomic E-state index is 0.227. The van der Waals surface area contributed by atoms with E-state index in [9.17, 15) is 0 Å². The van der Waals surface area contributed by atoms with Crippen LogP contribution in [0.5, 0.6) is 0 Å². The number of para-hydroxylation sites is 1. The molecule has 2 nitrogen and oxygen atoms in total. The van der Waals surface area contributed by atoms with Crippen LogP contribution in [0.25, 0.3) is 0 Å². The summed E-state index contributed by atoms with van der Waals surface area (Å²) in [5.41, 5.74) is 3.87. The zero-order valence-electron chi connectivity index (χ0n) is 11.8. The number of hydrogen-bond acceptors (Lipinski definition) is 2. The average molecular weight is 344 g/mol. The van der Waals surface area contributed by atoms with E-state index < -0.39 is 0 Å². The molecule has 0 spiro atoms. The van der Waals surface area contributed by atoms with Crippen LogP contribution in [-0.4, -0.2) is 6.61 Å². The number of halogens is 1. The van der Waals surface area contributed by atoms with Gasteiger partial charge in [0.25, 0.3) is 0 Å². The van der Waals surface area contributed by atoms with Gasteiger partial charge in [-0.1, -0.05) is 46.3 Å². The molecule has 21 heavy (non-hydrogen) atoms. The van der Waals surface area contributed by atoms with E-state index in [1.807, 2.05) is 0 Å². The Morgan fingerprint density at radius 3 is 2.71 bits per heavy atom. The maximum Gasteiger partial charge on any atom is 0.0895 e. The highest BCUT2D eigenvalue weighted by Crippen LogP contribution is 2.48. The van der Waals surface area contributed by atoms with Gasteiger partial charge in [0, 0.05) is 28.2 Å². The molecule has 0 saturated carbocycles. The second kappa shape index (κ2) is 5.47. The molecule has 108 valence electrons. The Hall–Kier alpha value is -1.32. The first-order chi connectivity index (χ1) is 10.3. The van der Waals surface area contributed by atoms with Crippen LogP contribution < -0.4 is 5.32 Å². The molecule has 0 radical (unpaired) electrons. The summed E-state index contributed by atoms with van der Waals surface area (Å²) >= 11 is 3.52. The number of rotatable bonds is 1. The summed E-state index contributed by atoms with van der Waals surface area (Å²) in [6.07, 6.45) is 2.59. The van der Waals surface area contributed by atoms with Gasteiger partial charge >= 0.3 is 0 Å². The first-order valence-corrected chi connectivity index (χ1v) is 8.35. The predicted octanol–water partition coefficient (Wildman–Crippen LogP) is 5.08. The summed E-state index contributed by atoms with van der Waals surface area (Å²) in [6.45, 7) is 0.878. The lowest BCUT2D eigenvalue weighted by Gasteiger charge is -2.43. The van der Waals surface area contributed by atoms with Crippen molar-refractivity contribution < 1.29 is 4.74 Å². The molecule has 0 aromatic heterocycles. The Balaban J connectivity index is 1.76. The maximum absolute atomic E-state index is 6.13. The Bertz CT molecular complexity index is 640. The van der Waals surface area contributed by atoms with Crippen LogP contribution in [-0.2, 0) is 4.74 Å². The second-order valence-electron chi connectivity index (χ2n) is 5.86. The molecule has 1 fully saturated rings. The van der Waals surface area contributed by atoms with E-state index in [-0.39, 0.29) is 6.10 Å². The van der Waals surface area contributed by atoms with Crippen molar-refractivity contribution in [2.45, 2.75) is 25.0 Å². The zero-order chi connectivity index (χ0) is 14.2. The Kier molecular flexibility index (Phi) is 3.48. The molecule has 2 aromatic carbocycles. The van der Waals surface area contributed by atoms with Crippen molar-refractivity contribution in [1.82, 2.24) is 0 Å². The van der Waals surface area contributed by atoms with Gasteiger partial charge in [0.05, 0.1) is 12.1 Å². The van der Waals surface area contributed by atoms with Gasteiger partial charge in [-0.2, -0.15) is 0 Å². The quantitative estimate of drug-likeness (QED) is 0.779. The summed E-state index contributed by atoms with van der Waals surface area (Å²) in [5.74, 6) is 0.509. The van der Waals surface area contributed by atoms with E-state index >= 15 is 0 Å². The molecule has 0 aliphatic carbocycles. The highest BCUT2D eigenvalue weighted by Gasteiger charge is 2.39. The largest absolute Gasteiger partial charge is 0.378 e. The zero-order valence-corrected chi connectivity index (χ0v) is 13.3. The lowest BCUT2D eigenvalue weighted by Crippen LogP contribution is -2.35. The molecule has 0 amide bonds. The Morgan fingerprint density at radius 2 is 1.86 bits per heavy atom. The van der Waals surface area contributed by atoms with Crippen molar-refractivity contribution in [2.24, 2.45) is 5.92 Å². The van der Waals surface area contributed by atoms with Gasteiger partial charge in [0.15, 0.2) is 0 Å². The fourth-order valence-corrected chi connectivity index (χ4v) is 3.88. The summed E-state index contributed by atoms with van der Waals surface area (Å²) in [5, 5.41) is 3.74. The van der Waals surface area contributed by atoms with E-state index in [0.29, 0.717) is 12.0 Å². The van der Waals surface area contributed by atoms with Gasteiger partial charge in [-0.25, -0.2) is 0 Å². The van der Waals surface area contributed by atoms with E-state index in [1.54, 1.807) is 0 Å². The number of benzene rings is 2. The van der Waals surface area contributed by atoms with Crippen molar-refractivity contribution >= 4 is 21.6 Å². The van der Waals surface area contributed by atoms with Crippen LogP contribution in [0.4, 0.5) is 5.69 Å². The topological polar surface area (TPSA) is 21.3 Å². The molecule has 1 saturated heterocycles. The minimum Gasteiger partial charge on any atom is -0.378 e. The fraction of sp³-hybridized carbons (Fsp3) is 0.333. The monoisotopic (exact) mass is 343 g/mol. The lowest BCUT2D eigenvalue weighted by molar-refractivity contribution is -0.0381. The molecule has 1 N–H and O–H groups in total. The molecule has 3 atom stereocenters. The third kappa shape index (κ3) is 2.39. The SMILES string of the molecule is Brc1ccc([C@@H]2Nc3ccccc3[C@H]3OCCC[C@@H]32)cc1. The molecular formula is C18H18BrNO. The number of anilines is 1. The van der Waals surface area contributed by atoms with Gasteiger partial charge in [0.1, 0.15) is 0 Å². The second-order valence-corrected chi connectivity index (χ2v) is 6.77. The number of ether oxygens (including phenoxy) is 1. The van der Waals surface area contributed by atoms with Gasteiger partial charge in [0.2, 0.25) is 0 Å². The highest BCUT2D eigenvalue weighted by atomic mass is 79.9. The van der Waals surface area contributed by atoms with Crippen LogP contribution in [0.2, 0.25) is 0 Å². The molecule has 0 unspecified atom stereocenters. The summed E-state index contributed by atoms with van der Waals surface area (Å²) in [4.78, 5) is 0. The average Bonchev–Trinajstić information content (AvgIpc) is 2.55. The lowest BCUT2D eigenvalue weighted by atomic mass is 9.77. The van der Waals surface area contributed by atoms with Crippen LogP contribution in [0.1, 0.15) is 36.1 Å². The van der Waals surface area contributed by atoms with E-state index in [4.69, 9.17) is 4.74 Å². The number of nitrogens with one attached hydrogen (secondary N) is 1. The molecule has 2 aliphatic rings. The highest BCUT2D eigenvalue weighted by molar-refractivity contribution is 9.10. The van der Waals surface area contributed by atoms with Crippen LogP contribution in [0.15, 0.2) is 53.0 Å². The third-order valence-electron chi connectivity index (χ3n) is 4.60. The predicted molar refractivity (Wildman–Crippen MR) is 88.4 cm³/mol. The maximum atomic E-state index is 6.13. The van der Waals surface area contributed by atoms with E-state index in [1.165, 1.54) is 23.2 Å².